The quantitative estimate of drug-likeness (QED) is 0.245. The summed E-state index contributed by atoms with van der Waals surface area (Å²) < 4.78 is 115. The number of anilines is 2. The molecule has 0 amide bonds. The van der Waals surface area contributed by atoms with Crippen LogP contribution in [0.5, 0.6) is 11.9 Å². The fourth-order valence-corrected chi connectivity index (χ4v) is 8.38. The third-order valence-corrected chi connectivity index (χ3v) is 10.9. The summed E-state index contributed by atoms with van der Waals surface area (Å²) in [6.07, 6.45) is -5.57. The predicted octanol–water partition coefficient (Wildman–Crippen LogP) is 5.86. The van der Waals surface area contributed by atoms with Crippen LogP contribution in [0.25, 0.3) is 22.2 Å². The van der Waals surface area contributed by atoms with Crippen LogP contribution in [0, 0.1) is 18.6 Å². The van der Waals surface area contributed by atoms with Crippen molar-refractivity contribution in [3.63, 3.8) is 0 Å². The predicted molar refractivity (Wildman–Crippen MR) is 163 cm³/mol. The molecule has 7 rings (SSSR count). The lowest BCUT2D eigenvalue weighted by Gasteiger charge is -2.49. The molecule has 4 aliphatic heterocycles. The molecule has 0 bridgehead atoms. The molecule has 3 fully saturated rings. The van der Waals surface area contributed by atoms with Crippen LogP contribution in [0.3, 0.4) is 0 Å². The van der Waals surface area contributed by atoms with E-state index in [2.05, 4.69) is 15.3 Å². The molecule has 0 radical (unpaired) electrons. The van der Waals surface area contributed by atoms with Crippen LogP contribution in [0.4, 0.5) is 42.2 Å². The number of nitrogens with one attached hydrogen (secondary N) is 1. The molecule has 260 valence electrons. The molecule has 2 aromatic heterocycles. The number of ether oxygens (including phenoxy) is 2. The van der Waals surface area contributed by atoms with Crippen LogP contribution in [0.2, 0.25) is 0 Å². The first kappa shape index (κ1) is 32.9. The Labute approximate surface area is 272 Å². The van der Waals surface area contributed by atoms with Gasteiger partial charge in [-0.2, -0.15) is 23.1 Å². The highest BCUT2D eigenvalue weighted by Gasteiger charge is 2.53. The number of fused-ring (bicyclic) bond motifs is 3. The van der Waals surface area contributed by atoms with Gasteiger partial charge in [0.25, 0.3) is 6.43 Å². The summed E-state index contributed by atoms with van der Waals surface area (Å²) >= 11 is 0. The number of piperazine rings is 1. The molecule has 48 heavy (non-hydrogen) atoms. The lowest BCUT2D eigenvalue weighted by Crippen LogP contribution is -2.67. The van der Waals surface area contributed by atoms with Crippen LogP contribution in [0.15, 0.2) is 6.07 Å². The van der Waals surface area contributed by atoms with Crippen LogP contribution < -0.4 is 25.4 Å². The molecule has 3 N–H and O–H groups in total. The zero-order valence-corrected chi connectivity index (χ0v) is 26.7. The summed E-state index contributed by atoms with van der Waals surface area (Å²) in [5.74, 6) is -2.46. The van der Waals surface area contributed by atoms with Gasteiger partial charge in [0.05, 0.1) is 28.4 Å². The van der Waals surface area contributed by atoms with Gasteiger partial charge in [-0.05, 0) is 64.1 Å². The Hall–Kier alpha value is -3.66. The van der Waals surface area contributed by atoms with Crippen molar-refractivity contribution >= 4 is 22.4 Å². The number of nitrogens with two attached hydrogens (primary N) is 1. The van der Waals surface area contributed by atoms with Gasteiger partial charge in [-0.3, -0.25) is 4.90 Å². The molecule has 6 heterocycles. The average Bonchev–Trinajstić information content (AvgIpc) is 3.59. The minimum Gasteiger partial charge on any atom is -0.471 e. The van der Waals surface area contributed by atoms with E-state index in [4.69, 9.17) is 20.2 Å². The van der Waals surface area contributed by atoms with Crippen molar-refractivity contribution in [3.05, 3.63) is 28.8 Å². The van der Waals surface area contributed by atoms with E-state index in [1.54, 1.807) is 11.8 Å². The molecule has 4 aliphatic rings. The van der Waals surface area contributed by atoms with E-state index < -0.39 is 81.0 Å². The second-order valence-electron chi connectivity index (χ2n) is 13.3. The van der Waals surface area contributed by atoms with Gasteiger partial charge in [0.2, 0.25) is 5.88 Å². The van der Waals surface area contributed by atoms with Gasteiger partial charge in [-0.25, -0.2) is 22.5 Å². The SMILES string of the molecule is CC[C@]12CNCCN1c1nc(OC[C@]34CCCN3[C@H](C(F)F)CC4)nc3c(F)c(-c4cc(N)c(F)c(C)c4C(F)(F)F)nc(c13)O[C@H]2C. The van der Waals surface area contributed by atoms with Gasteiger partial charge in [0.1, 0.15) is 40.9 Å². The lowest BCUT2D eigenvalue weighted by atomic mass is 9.86. The van der Waals surface area contributed by atoms with Crippen molar-refractivity contribution in [3.8, 4) is 23.1 Å². The third kappa shape index (κ3) is 4.83. The van der Waals surface area contributed by atoms with Gasteiger partial charge in [-0.1, -0.05) is 6.92 Å². The summed E-state index contributed by atoms with van der Waals surface area (Å²) in [5, 5.41) is 3.41. The van der Waals surface area contributed by atoms with Crippen molar-refractivity contribution in [1.82, 2.24) is 25.2 Å². The Kier molecular flexibility index (Phi) is 7.85. The van der Waals surface area contributed by atoms with Crippen molar-refractivity contribution in [2.24, 2.45) is 0 Å². The summed E-state index contributed by atoms with van der Waals surface area (Å²) in [6.45, 7) is 6.56. The van der Waals surface area contributed by atoms with Crippen LogP contribution in [0.1, 0.15) is 57.1 Å². The molecule has 3 aromatic rings. The van der Waals surface area contributed by atoms with E-state index >= 15 is 4.39 Å². The van der Waals surface area contributed by atoms with E-state index in [0.717, 1.165) is 6.92 Å². The molecule has 0 unspecified atom stereocenters. The molecule has 0 aliphatic carbocycles. The largest absolute Gasteiger partial charge is 0.471 e. The van der Waals surface area contributed by atoms with Crippen molar-refractivity contribution in [2.45, 2.75) is 88.7 Å². The van der Waals surface area contributed by atoms with Crippen LogP contribution >= 0.6 is 0 Å². The van der Waals surface area contributed by atoms with Crippen molar-refractivity contribution in [1.29, 1.82) is 0 Å². The Morgan fingerprint density at radius 3 is 2.62 bits per heavy atom. The first-order chi connectivity index (χ1) is 22.7. The smallest absolute Gasteiger partial charge is 0.417 e. The Morgan fingerprint density at radius 1 is 1.15 bits per heavy atom. The normalized spacial score (nSPS) is 27.3. The number of nitrogens with zero attached hydrogens (tertiary/aromatic N) is 5. The number of benzene rings is 1. The summed E-state index contributed by atoms with van der Waals surface area (Å²) in [4.78, 5) is 17.2. The zero-order valence-electron chi connectivity index (χ0n) is 26.7. The first-order valence-electron chi connectivity index (χ1n) is 16.1. The molecule has 16 heteroatoms. The van der Waals surface area contributed by atoms with Gasteiger partial charge < -0.3 is 25.4 Å². The van der Waals surface area contributed by atoms with E-state index in [0.29, 0.717) is 64.3 Å². The summed E-state index contributed by atoms with van der Waals surface area (Å²) in [5.41, 5.74) is -0.439. The highest BCUT2D eigenvalue weighted by molar-refractivity contribution is 5.98. The van der Waals surface area contributed by atoms with E-state index in [9.17, 15) is 26.3 Å². The Balaban J connectivity index is 1.43. The van der Waals surface area contributed by atoms with Gasteiger partial charge in [0, 0.05) is 25.2 Å². The molecular formula is C32H36F7N7O2. The van der Waals surface area contributed by atoms with Gasteiger partial charge in [-0.15, -0.1) is 0 Å². The molecule has 9 nitrogen and oxygen atoms in total. The van der Waals surface area contributed by atoms with E-state index in [1.165, 1.54) is 0 Å². The second-order valence-corrected chi connectivity index (χ2v) is 13.3. The Morgan fingerprint density at radius 2 is 1.92 bits per heavy atom. The monoisotopic (exact) mass is 683 g/mol. The Bertz CT molecular complexity index is 1780. The maximum absolute atomic E-state index is 16.8. The van der Waals surface area contributed by atoms with E-state index in [1.807, 2.05) is 11.8 Å². The fraction of sp³-hybridized carbons (Fsp3) is 0.594. The summed E-state index contributed by atoms with van der Waals surface area (Å²) in [6, 6.07) is -0.445. The number of nitrogen functional groups attached to an aromatic ring is 1. The number of halogens is 7. The average molecular weight is 684 g/mol. The zero-order chi connectivity index (χ0) is 34.3. The number of hydrogen-bond acceptors (Lipinski definition) is 9. The van der Waals surface area contributed by atoms with Crippen molar-refractivity contribution in [2.75, 3.05) is 43.4 Å². The van der Waals surface area contributed by atoms with Crippen LogP contribution in [-0.4, -0.2) is 82.3 Å². The molecule has 0 saturated carbocycles. The number of hydrogen-bond donors (Lipinski definition) is 2. The van der Waals surface area contributed by atoms with Gasteiger partial charge >= 0.3 is 12.2 Å². The third-order valence-electron chi connectivity index (χ3n) is 10.9. The topological polar surface area (TPSA) is 102 Å². The molecule has 4 atom stereocenters. The standard InChI is InChI=1S/C32H36F7N7O2/c1-4-31-13-41-9-11-46(31)27-20-25(43-29(44-27)47-14-30-7-5-10-45(30)19(6-8-30)26(35)36)23(34)24(42-28(20)48-16(31)3)17-12-18(40)22(33)15(2)21(17)32(37,38)39/h12,16,19,26,41H,4-11,13-14,40H2,1-3H3/t16-,19-,30+,31+/m0/s1. The highest BCUT2D eigenvalue weighted by atomic mass is 19.4. The van der Waals surface area contributed by atoms with Gasteiger partial charge in [0.15, 0.2) is 5.82 Å². The molecule has 1 aromatic carbocycles. The minimum absolute atomic E-state index is 0.0348. The first-order valence-corrected chi connectivity index (χ1v) is 16.1. The number of aromatic nitrogens is 3. The van der Waals surface area contributed by atoms with E-state index in [-0.39, 0.29) is 29.7 Å². The number of rotatable bonds is 6. The summed E-state index contributed by atoms with van der Waals surface area (Å²) in [7, 11) is 0. The molecule has 0 spiro atoms. The maximum atomic E-state index is 16.8. The lowest BCUT2D eigenvalue weighted by molar-refractivity contribution is -0.137. The highest BCUT2D eigenvalue weighted by Crippen LogP contribution is 2.49. The maximum Gasteiger partial charge on any atom is 0.417 e. The minimum atomic E-state index is -5.09. The van der Waals surface area contributed by atoms with Crippen LogP contribution in [-0.2, 0) is 6.18 Å². The number of alkyl halides is 5. The fourth-order valence-electron chi connectivity index (χ4n) is 8.38. The number of pyridine rings is 1. The molecular weight excluding hydrogens is 647 g/mol. The van der Waals surface area contributed by atoms with Crippen molar-refractivity contribution < 1.29 is 40.2 Å². The second kappa shape index (κ2) is 11.5. The molecule has 3 saturated heterocycles.